The number of fused-ring (bicyclic) bond motifs is 1. The van der Waals surface area contributed by atoms with Gasteiger partial charge in [-0.25, -0.2) is 8.42 Å². The van der Waals surface area contributed by atoms with E-state index in [1.807, 2.05) is 12.1 Å². The molecule has 1 fully saturated rings. The lowest BCUT2D eigenvalue weighted by Gasteiger charge is -2.34. The molecule has 0 bridgehead atoms. The van der Waals surface area contributed by atoms with E-state index >= 15 is 0 Å². The van der Waals surface area contributed by atoms with Crippen molar-refractivity contribution in [2.24, 2.45) is 0 Å². The van der Waals surface area contributed by atoms with Crippen molar-refractivity contribution in [2.45, 2.75) is 30.4 Å². The van der Waals surface area contributed by atoms with Gasteiger partial charge < -0.3 is 15.0 Å². The zero-order chi connectivity index (χ0) is 23.5. The van der Waals surface area contributed by atoms with Gasteiger partial charge in [0.25, 0.3) is 15.9 Å². The lowest BCUT2D eigenvalue weighted by Crippen LogP contribution is -2.50. The van der Waals surface area contributed by atoms with E-state index in [4.69, 9.17) is 4.74 Å². The molecule has 0 radical (unpaired) electrons. The van der Waals surface area contributed by atoms with Gasteiger partial charge in [-0.2, -0.15) is 0 Å². The highest BCUT2D eigenvalue weighted by atomic mass is 32.2. The molecule has 0 aromatic heterocycles. The maximum absolute atomic E-state index is 13.4. The molecule has 3 aromatic rings. The Hall–Kier alpha value is -3.52. The Balaban J connectivity index is 1.30. The second kappa shape index (κ2) is 9.38. The van der Waals surface area contributed by atoms with Crippen LogP contribution >= 0.6 is 0 Å². The number of anilines is 2. The summed E-state index contributed by atoms with van der Waals surface area (Å²) in [6, 6.07) is 23.3. The van der Waals surface area contributed by atoms with Gasteiger partial charge in [-0.1, -0.05) is 42.5 Å². The van der Waals surface area contributed by atoms with Crippen LogP contribution in [-0.4, -0.2) is 40.1 Å². The highest BCUT2D eigenvalue weighted by Gasteiger charge is 2.37. The van der Waals surface area contributed by atoms with Crippen LogP contribution in [0.15, 0.2) is 83.8 Å². The van der Waals surface area contributed by atoms with Crippen LogP contribution in [0.2, 0.25) is 0 Å². The van der Waals surface area contributed by atoms with Crippen molar-refractivity contribution < 1.29 is 17.9 Å². The van der Waals surface area contributed by atoms with Crippen LogP contribution in [0.1, 0.15) is 18.4 Å². The molecule has 3 aromatic carbocycles. The number of carbonyl (C=O) groups is 1. The molecule has 0 saturated carbocycles. The summed E-state index contributed by atoms with van der Waals surface area (Å²) < 4.78 is 33.9. The van der Waals surface area contributed by atoms with E-state index in [0.717, 1.165) is 18.7 Å². The number of hydrogen-bond acceptors (Lipinski definition) is 5. The summed E-state index contributed by atoms with van der Waals surface area (Å²) in [5.74, 6) is 0.00903. The summed E-state index contributed by atoms with van der Waals surface area (Å²) in [7, 11) is -3.85. The van der Waals surface area contributed by atoms with Gasteiger partial charge in [0.05, 0.1) is 17.1 Å². The molecule has 0 spiro atoms. The third-order valence-corrected chi connectivity index (χ3v) is 8.03. The molecule has 34 heavy (non-hydrogen) atoms. The van der Waals surface area contributed by atoms with Crippen LogP contribution in [0, 0.1) is 0 Å². The first-order valence-corrected chi connectivity index (χ1v) is 12.9. The largest absolute Gasteiger partial charge is 0.476 e. The Morgan fingerprint density at radius 1 is 0.912 bits per heavy atom. The Labute approximate surface area is 200 Å². The molecule has 2 aliphatic rings. The van der Waals surface area contributed by atoms with Gasteiger partial charge in [-0.3, -0.25) is 9.10 Å². The normalized spacial score (nSPS) is 17.7. The maximum Gasteiger partial charge on any atom is 0.264 e. The molecule has 176 valence electrons. The van der Waals surface area contributed by atoms with Crippen molar-refractivity contribution in [3.63, 3.8) is 0 Å². The first-order chi connectivity index (χ1) is 16.5. The van der Waals surface area contributed by atoms with E-state index in [0.29, 0.717) is 18.0 Å². The first kappa shape index (κ1) is 22.3. The number of nitrogens with zero attached hydrogens (tertiary/aromatic N) is 2. The summed E-state index contributed by atoms with van der Waals surface area (Å²) in [6.07, 6.45) is 1.48. The summed E-state index contributed by atoms with van der Waals surface area (Å²) >= 11 is 0. The van der Waals surface area contributed by atoms with E-state index in [-0.39, 0.29) is 17.3 Å². The predicted octanol–water partition coefficient (Wildman–Crippen LogP) is 3.56. The summed E-state index contributed by atoms with van der Waals surface area (Å²) in [5, 5.41) is 2.90. The summed E-state index contributed by atoms with van der Waals surface area (Å²) in [6.45, 7) is 2.40. The number of benzene rings is 3. The average Bonchev–Trinajstić information content (AvgIpc) is 3.42. The number of sulfonamides is 1. The van der Waals surface area contributed by atoms with Crippen LogP contribution in [-0.2, 0) is 21.4 Å². The molecule has 8 heteroatoms. The molecule has 1 unspecified atom stereocenters. The molecule has 1 atom stereocenters. The molecule has 2 heterocycles. The average molecular weight is 478 g/mol. The second-order valence-electron chi connectivity index (χ2n) is 8.50. The van der Waals surface area contributed by atoms with E-state index < -0.39 is 16.1 Å². The molecule has 7 nitrogen and oxygen atoms in total. The topological polar surface area (TPSA) is 79.0 Å². The van der Waals surface area contributed by atoms with Crippen LogP contribution in [0.5, 0.6) is 5.75 Å². The minimum Gasteiger partial charge on any atom is -0.476 e. The van der Waals surface area contributed by atoms with Gasteiger partial charge in [0.2, 0.25) is 0 Å². The van der Waals surface area contributed by atoms with Gasteiger partial charge >= 0.3 is 0 Å². The van der Waals surface area contributed by atoms with E-state index in [9.17, 15) is 13.2 Å². The Kier molecular flexibility index (Phi) is 6.15. The van der Waals surface area contributed by atoms with Gasteiger partial charge in [-0.15, -0.1) is 0 Å². The number of hydrogen-bond donors (Lipinski definition) is 1. The van der Waals surface area contributed by atoms with Crippen molar-refractivity contribution in [1.29, 1.82) is 0 Å². The first-order valence-electron chi connectivity index (χ1n) is 11.5. The van der Waals surface area contributed by atoms with Crippen LogP contribution < -0.4 is 19.3 Å². The third kappa shape index (κ3) is 4.46. The summed E-state index contributed by atoms with van der Waals surface area (Å²) in [5.41, 5.74) is 2.59. The monoisotopic (exact) mass is 477 g/mol. The van der Waals surface area contributed by atoms with Crippen molar-refractivity contribution in [3.8, 4) is 5.75 Å². The smallest absolute Gasteiger partial charge is 0.264 e. The Morgan fingerprint density at radius 2 is 1.59 bits per heavy atom. The summed E-state index contributed by atoms with van der Waals surface area (Å²) in [4.78, 5) is 15.5. The number of ether oxygens (including phenoxy) is 1. The molecule has 5 rings (SSSR count). The predicted molar refractivity (Wildman–Crippen MR) is 132 cm³/mol. The number of nitrogens with one attached hydrogen (secondary N) is 1. The molecular weight excluding hydrogens is 450 g/mol. The van der Waals surface area contributed by atoms with Gasteiger partial charge in [0, 0.05) is 25.3 Å². The maximum atomic E-state index is 13.4. The molecule has 2 aliphatic heterocycles. The lowest BCUT2D eigenvalue weighted by atomic mass is 10.2. The highest BCUT2D eigenvalue weighted by Crippen LogP contribution is 2.36. The SMILES string of the molecule is O=C(NCc1ccc(N2CCCC2)cc1)C1CN(S(=O)(=O)c2ccccc2)c2ccccc2O1. The van der Waals surface area contributed by atoms with Crippen LogP contribution in [0.25, 0.3) is 0 Å². The standard InChI is InChI=1S/C26H27N3O4S/c30-26(27-18-20-12-14-21(15-13-20)28-16-6-7-17-28)25-19-29(23-10-4-5-11-24(23)33-25)34(31,32)22-8-2-1-3-9-22/h1-5,8-15,25H,6-7,16-19H2,(H,27,30). The zero-order valence-corrected chi connectivity index (χ0v) is 19.6. The highest BCUT2D eigenvalue weighted by molar-refractivity contribution is 7.92. The molecule has 1 saturated heterocycles. The van der Waals surface area contributed by atoms with Crippen molar-refractivity contribution >= 4 is 27.3 Å². The fourth-order valence-electron chi connectivity index (χ4n) is 4.39. The fraction of sp³-hybridized carbons (Fsp3) is 0.269. The molecule has 1 amide bonds. The zero-order valence-electron chi connectivity index (χ0n) is 18.8. The van der Waals surface area contributed by atoms with Gasteiger partial charge in [-0.05, 0) is 54.8 Å². The van der Waals surface area contributed by atoms with Gasteiger partial charge in [0.1, 0.15) is 5.75 Å². The van der Waals surface area contributed by atoms with Crippen LogP contribution in [0.4, 0.5) is 11.4 Å². The number of carbonyl (C=O) groups excluding carboxylic acids is 1. The van der Waals surface area contributed by atoms with E-state index in [2.05, 4.69) is 22.3 Å². The van der Waals surface area contributed by atoms with E-state index in [1.54, 1.807) is 54.6 Å². The third-order valence-electron chi connectivity index (χ3n) is 6.23. The number of amides is 1. The second-order valence-corrected chi connectivity index (χ2v) is 10.4. The Morgan fingerprint density at radius 3 is 2.32 bits per heavy atom. The van der Waals surface area contributed by atoms with Crippen LogP contribution in [0.3, 0.4) is 0 Å². The molecule has 0 aliphatic carbocycles. The lowest BCUT2D eigenvalue weighted by molar-refractivity contribution is -0.127. The van der Waals surface area contributed by atoms with Crippen molar-refractivity contribution in [2.75, 3.05) is 28.8 Å². The quantitative estimate of drug-likeness (QED) is 0.587. The number of rotatable bonds is 6. The van der Waals surface area contributed by atoms with E-state index in [1.165, 1.54) is 22.8 Å². The van der Waals surface area contributed by atoms with Gasteiger partial charge in [0.15, 0.2) is 6.10 Å². The fourth-order valence-corrected chi connectivity index (χ4v) is 5.89. The molecule has 1 N–H and O–H groups in total. The minimum atomic E-state index is -3.85. The van der Waals surface area contributed by atoms with Crippen molar-refractivity contribution in [1.82, 2.24) is 5.32 Å². The minimum absolute atomic E-state index is 0.103. The number of para-hydroxylation sites is 2. The van der Waals surface area contributed by atoms with Crippen molar-refractivity contribution in [3.05, 3.63) is 84.4 Å². The Bertz CT molecular complexity index is 1260. The molecular formula is C26H27N3O4S.